The van der Waals surface area contributed by atoms with Crippen molar-refractivity contribution in [3.63, 3.8) is 0 Å². The Labute approximate surface area is 120 Å². The van der Waals surface area contributed by atoms with Gasteiger partial charge >= 0.3 is 20.0 Å². The average molecular weight is 334 g/mol. The zero-order chi connectivity index (χ0) is 16.5. The zero-order valence-electron chi connectivity index (χ0n) is 11.8. The van der Waals surface area contributed by atoms with Crippen molar-refractivity contribution >= 4 is 13.8 Å². The van der Waals surface area contributed by atoms with E-state index in [-0.39, 0.29) is 32.8 Å². The Morgan fingerprint density at radius 2 is 1.62 bits per heavy atom. The molecule has 0 fully saturated rings. The topological polar surface area (TPSA) is 71.1 Å². The van der Waals surface area contributed by atoms with Crippen molar-refractivity contribution in [2.75, 3.05) is 26.4 Å². The number of esters is 1. The summed E-state index contributed by atoms with van der Waals surface area (Å²) < 4.78 is 67.0. The van der Waals surface area contributed by atoms with Crippen LogP contribution in [0.25, 0.3) is 0 Å². The fourth-order valence-electron chi connectivity index (χ4n) is 1.03. The molecule has 0 spiro atoms. The quantitative estimate of drug-likeness (QED) is 0.264. The van der Waals surface area contributed by atoms with Crippen LogP contribution in [0.2, 0.25) is 0 Å². The maximum Gasteiger partial charge on any atom is 0.474 e. The van der Waals surface area contributed by atoms with Crippen LogP contribution in [0.5, 0.6) is 0 Å². The number of phosphoric acid groups is 1. The molecule has 0 heterocycles. The molecule has 6 nitrogen and oxygen atoms in total. The monoisotopic (exact) mass is 334 g/mol. The maximum atomic E-state index is 12.1. The van der Waals surface area contributed by atoms with Crippen LogP contribution in [0.15, 0.2) is 12.2 Å². The van der Waals surface area contributed by atoms with Crippen LogP contribution in [-0.2, 0) is 27.7 Å². The summed E-state index contributed by atoms with van der Waals surface area (Å²) in [7, 11) is -3.67. The molecule has 0 unspecified atom stereocenters. The van der Waals surface area contributed by atoms with Crippen LogP contribution < -0.4 is 0 Å². The lowest BCUT2D eigenvalue weighted by Gasteiger charge is -2.16. The molecule has 0 aromatic carbocycles. The molecular formula is C11H18F3O6P. The number of ether oxygens (including phenoxy) is 1. The molecule has 0 rings (SSSR count). The summed E-state index contributed by atoms with van der Waals surface area (Å²) in [6, 6.07) is 0. The molecule has 10 heteroatoms. The van der Waals surface area contributed by atoms with E-state index in [1.165, 1.54) is 0 Å². The summed E-state index contributed by atoms with van der Waals surface area (Å²) in [5, 5.41) is 0. The molecule has 0 aliphatic heterocycles. The average Bonchev–Trinajstić information content (AvgIpc) is 2.36. The normalized spacial score (nSPS) is 12.2. The molecule has 0 N–H and O–H groups in total. The van der Waals surface area contributed by atoms with Gasteiger partial charge in [-0.3, -0.25) is 13.6 Å². The predicted molar refractivity (Wildman–Crippen MR) is 67.6 cm³/mol. The summed E-state index contributed by atoms with van der Waals surface area (Å²) in [6.45, 7) is 5.50. The number of phosphoric ester groups is 1. The largest absolute Gasteiger partial charge is 0.474 e. The summed E-state index contributed by atoms with van der Waals surface area (Å²) >= 11 is 0. The highest BCUT2D eigenvalue weighted by atomic mass is 31.2. The van der Waals surface area contributed by atoms with Crippen molar-refractivity contribution < 1.29 is 40.8 Å². The van der Waals surface area contributed by atoms with Gasteiger partial charge in [0.1, 0.15) is 5.57 Å². The van der Waals surface area contributed by atoms with Crippen LogP contribution in [-0.4, -0.2) is 38.6 Å². The molecule has 0 atom stereocenters. The lowest BCUT2D eigenvalue weighted by molar-refractivity contribution is -0.150. The van der Waals surface area contributed by atoms with Crippen molar-refractivity contribution in [3.8, 4) is 0 Å². The van der Waals surface area contributed by atoms with E-state index in [4.69, 9.17) is 13.6 Å². The van der Waals surface area contributed by atoms with Crippen molar-refractivity contribution in [1.29, 1.82) is 0 Å². The zero-order valence-corrected chi connectivity index (χ0v) is 12.7. The summed E-state index contributed by atoms with van der Waals surface area (Å²) in [4.78, 5) is 11.0. The second-order valence-corrected chi connectivity index (χ2v) is 5.25. The summed E-state index contributed by atoms with van der Waals surface area (Å²) in [5.41, 5.74) is -1.59. The molecule has 0 bridgehead atoms. The molecular weight excluding hydrogens is 316 g/mol. The van der Waals surface area contributed by atoms with Crippen LogP contribution in [0.1, 0.15) is 20.3 Å². The van der Waals surface area contributed by atoms with Crippen molar-refractivity contribution in [3.05, 3.63) is 12.2 Å². The van der Waals surface area contributed by atoms with Crippen LogP contribution >= 0.6 is 7.82 Å². The van der Waals surface area contributed by atoms with Gasteiger partial charge in [0.25, 0.3) is 0 Å². The van der Waals surface area contributed by atoms with Crippen LogP contribution in [0.3, 0.4) is 0 Å². The van der Waals surface area contributed by atoms with E-state index in [1.807, 2.05) is 0 Å². The Balaban J connectivity index is 4.03. The number of rotatable bonds is 10. The summed E-state index contributed by atoms with van der Waals surface area (Å²) in [5.74, 6) is -1.56. The van der Waals surface area contributed by atoms with Gasteiger partial charge in [-0.1, -0.05) is 6.58 Å². The fraction of sp³-hybridized carbons (Fsp3) is 0.727. The molecule has 0 amide bonds. The van der Waals surface area contributed by atoms with E-state index in [0.29, 0.717) is 0 Å². The molecule has 124 valence electrons. The molecule has 21 heavy (non-hydrogen) atoms. The van der Waals surface area contributed by atoms with Gasteiger partial charge in [0.05, 0.1) is 26.4 Å². The van der Waals surface area contributed by atoms with Gasteiger partial charge < -0.3 is 4.74 Å². The number of halogens is 3. The third kappa shape index (κ3) is 8.21. The smallest absolute Gasteiger partial charge is 0.462 e. The standard InChI is InChI=1S/C11H18F3O6P/c1-4-18-21(16,19-5-2)20-8-6-7-17-10(15)9(3)11(12,13)14/h3-8H2,1-2H3. The van der Waals surface area contributed by atoms with Crippen molar-refractivity contribution in [1.82, 2.24) is 0 Å². The number of hydrogen-bond acceptors (Lipinski definition) is 6. The molecule has 0 aromatic heterocycles. The van der Waals surface area contributed by atoms with Gasteiger partial charge in [0.2, 0.25) is 0 Å². The number of hydrogen-bond donors (Lipinski definition) is 0. The van der Waals surface area contributed by atoms with E-state index >= 15 is 0 Å². The van der Waals surface area contributed by atoms with Crippen LogP contribution in [0, 0.1) is 0 Å². The minimum absolute atomic E-state index is 0.0288. The Morgan fingerprint density at radius 3 is 2.05 bits per heavy atom. The SMILES string of the molecule is C=C(C(=O)OCCCOP(=O)(OCC)OCC)C(F)(F)F. The molecule has 0 saturated heterocycles. The molecule has 0 radical (unpaired) electrons. The third-order valence-electron chi connectivity index (χ3n) is 1.93. The highest BCUT2D eigenvalue weighted by Crippen LogP contribution is 2.49. The first-order chi connectivity index (χ1) is 9.66. The van der Waals surface area contributed by atoms with E-state index < -0.39 is 25.5 Å². The first-order valence-electron chi connectivity index (χ1n) is 6.13. The molecule has 0 aromatic rings. The Kier molecular flexibility index (Phi) is 8.80. The maximum absolute atomic E-state index is 12.1. The van der Waals surface area contributed by atoms with Gasteiger partial charge in [-0.2, -0.15) is 13.2 Å². The first kappa shape index (κ1) is 20.1. The fourth-order valence-corrected chi connectivity index (χ4v) is 2.24. The van der Waals surface area contributed by atoms with Gasteiger partial charge in [-0.15, -0.1) is 0 Å². The first-order valence-corrected chi connectivity index (χ1v) is 7.59. The second-order valence-electron chi connectivity index (χ2n) is 3.58. The van der Waals surface area contributed by atoms with Gasteiger partial charge in [-0.05, 0) is 13.8 Å². The van der Waals surface area contributed by atoms with Gasteiger partial charge in [0, 0.05) is 6.42 Å². The van der Waals surface area contributed by atoms with E-state index in [0.717, 1.165) is 0 Å². The number of carbonyl (C=O) groups excluding carboxylic acids is 1. The van der Waals surface area contributed by atoms with Crippen LogP contribution in [0.4, 0.5) is 13.2 Å². The minimum atomic E-state index is -4.83. The Bertz CT molecular complexity index is 386. The van der Waals surface area contributed by atoms with E-state index in [2.05, 4.69) is 11.3 Å². The molecule has 0 aliphatic rings. The molecule has 0 aliphatic carbocycles. The van der Waals surface area contributed by atoms with E-state index in [9.17, 15) is 22.5 Å². The number of alkyl halides is 3. The Hall–Kier alpha value is -0.890. The Morgan fingerprint density at radius 1 is 1.10 bits per heavy atom. The summed E-state index contributed by atoms with van der Waals surface area (Å²) in [6.07, 6.45) is -4.80. The van der Waals surface area contributed by atoms with Crippen molar-refractivity contribution in [2.45, 2.75) is 26.4 Å². The third-order valence-corrected chi connectivity index (χ3v) is 3.58. The second kappa shape index (κ2) is 9.19. The lowest BCUT2D eigenvalue weighted by Crippen LogP contribution is -2.21. The lowest BCUT2D eigenvalue weighted by atomic mass is 10.3. The predicted octanol–water partition coefficient (Wildman–Crippen LogP) is 3.24. The van der Waals surface area contributed by atoms with Crippen molar-refractivity contribution in [2.24, 2.45) is 0 Å². The molecule has 0 saturated carbocycles. The van der Waals surface area contributed by atoms with Gasteiger partial charge in [0.15, 0.2) is 0 Å². The van der Waals surface area contributed by atoms with E-state index in [1.54, 1.807) is 13.8 Å². The highest BCUT2D eigenvalue weighted by Gasteiger charge is 2.37. The minimum Gasteiger partial charge on any atom is -0.462 e. The number of carbonyl (C=O) groups is 1. The van der Waals surface area contributed by atoms with Gasteiger partial charge in [-0.25, -0.2) is 9.36 Å². The highest BCUT2D eigenvalue weighted by molar-refractivity contribution is 7.48.